The standard InChI is InChI=1S/C21H17ClN4O3S2/c1-12-18(14-3-5-15(22)6-4-14)19-20(23-11-24-21(19)30-12)25-16-7-9-17(10-8-16)31(28,29)26-13(2)27/h3-11H,1-2H3,(H,26,27)(H,23,24,25). The van der Waals surface area contributed by atoms with Gasteiger partial charge < -0.3 is 5.32 Å². The molecule has 0 spiro atoms. The Kier molecular flexibility index (Phi) is 5.65. The van der Waals surface area contributed by atoms with Crippen LogP contribution in [0.15, 0.2) is 59.8 Å². The molecule has 31 heavy (non-hydrogen) atoms. The molecule has 4 aromatic rings. The molecule has 7 nitrogen and oxygen atoms in total. The SMILES string of the molecule is CC(=O)NS(=O)(=O)c1ccc(Nc2ncnc3sc(C)c(-c4ccc(Cl)cc4)c23)cc1. The number of anilines is 2. The summed E-state index contributed by atoms with van der Waals surface area (Å²) in [4.78, 5) is 21.9. The summed E-state index contributed by atoms with van der Waals surface area (Å²) in [7, 11) is -3.89. The lowest BCUT2D eigenvalue weighted by Crippen LogP contribution is -2.28. The van der Waals surface area contributed by atoms with Gasteiger partial charge in [0.15, 0.2) is 0 Å². The number of thiophene rings is 1. The zero-order chi connectivity index (χ0) is 22.2. The predicted molar refractivity (Wildman–Crippen MR) is 123 cm³/mol. The van der Waals surface area contributed by atoms with Crippen molar-refractivity contribution >= 4 is 60.6 Å². The number of halogens is 1. The van der Waals surface area contributed by atoms with Crippen LogP contribution in [0.25, 0.3) is 21.3 Å². The summed E-state index contributed by atoms with van der Waals surface area (Å²) in [5.41, 5.74) is 2.67. The fourth-order valence-electron chi connectivity index (χ4n) is 3.21. The maximum Gasteiger partial charge on any atom is 0.264 e. The van der Waals surface area contributed by atoms with Crippen LogP contribution >= 0.6 is 22.9 Å². The second-order valence-corrected chi connectivity index (χ2v) is 10.1. The summed E-state index contributed by atoms with van der Waals surface area (Å²) in [6.07, 6.45) is 1.49. The number of hydrogen-bond donors (Lipinski definition) is 2. The number of fused-ring (bicyclic) bond motifs is 1. The highest BCUT2D eigenvalue weighted by atomic mass is 35.5. The molecule has 0 bridgehead atoms. The van der Waals surface area contributed by atoms with E-state index in [-0.39, 0.29) is 4.90 Å². The number of rotatable bonds is 5. The minimum Gasteiger partial charge on any atom is -0.340 e. The van der Waals surface area contributed by atoms with Crippen LogP contribution in [0.1, 0.15) is 11.8 Å². The van der Waals surface area contributed by atoms with Crippen molar-refractivity contribution in [3.05, 3.63) is 64.8 Å². The van der Waals surface area contributed by atoms with Gasteiger partial charge in [-0.05, 0) is 48.9 Å². The first-order valence-corrected chi connectivity index (χ1v) is 11.8. The maximum atomic E-state index is 12.1. The van der Waals surface area contributed by atoms with Crippen molar-refractivity contribution in [3.8, 4) is 11.1 Å². The number of aryl methyl sites for hydroxylation is 1. The molecule has 0 aliphatic rings. The molecule has 4 rings (SSSR count). The van der Waals surface area contributed by atoms with E-state index in [1.54, 1.807) is 23.5 Å². The van der Waals surface area contributed by atoms with E-state index in [9.17, 15) is 13.2 Å². The fourth-order valence-corrected chi connectivity index (χ4v) is 5.33. The molecule has 0 aliphatic carbocycles. The number of carbonyl (C=O) groups excluding carboxylic acids is 1. The van der Waals surface area contributed by atoms with E-state index in [2.05, 4.69) is 15.3 Å². The van der Waals surface area contributed by atoms with Crippen LogP contribution in [0.2, 0.25) is 5.02 Å². The minimum absolute atomic E-state index is 0.00526. The predicted octanol–water partition coefficient (Wildman–Crippen LogP) is 4.89. The van der Waals surface area contributed by atoms with Gasteiger partial charge in [0.25, 0.3) is 10.0 Å². The summed E-state index contributed by atoms with van der Waals surface area (Å²) in [5.74, 6) is -0.0371. The Bertz CT molecular complexity index is 1380. The molecule has 10 heteroatoms. The third-order valence-electron chi connectivity index (χ3n) is 4.50. The van der Waals surface area contributed by atoms with Gasteiger partial charge in [-0.15, -0.1) is 11.3 Å². The van der Waals surface area contributed by atoms with Crippen LogP contribution in [0.3, 0.4) is 0 Å². The number of benzene rings is 2. The Hall–Kier alpha value is -3.01. The molecule has 2 aromatic heterocycles. The van der Waals surface area contributed by atoms with Crippen molar-refractivity contribution < 1.29 is 13.2 Å². The molecule has 0 fully saturated rings. The zero-order valence-corrected chi connectivity index (χ0v) is 18.9. The molecule has 0 saturated carbocycles. The molecule has 2 aromatic carbocycles. The average molecular weight is 473 g/mol. The van der Waals surface area contributed by atoms with Gasteiger partial charge in [0.2, 0.25) is 5.91 Å². The fraction of sp³-hybridized carbons (Fsp3) is 0.0952. The van der Waals surface area contributed by atoms with Crippen LogP contribution in [0.5, 0.6) is 0 Å². The highest BCUT2D eigenvalue weighted by molar-refractivity contribution is 7.90. The van der Waals surface area contributed by atoms with Gasteiger partial charge in [0.05, 0.1) is 10.3 Å². The first-order valence-electron chi connectivity index (χ1n) is 9.15. The van der Waals surface area contributed by atoms with Gasteiger partial charge in [-0.25, -0.2) is 23.1 Å². The molecule has 158 valence electrons. The Morgan fingerprint density at radius 1 is 1.03 bits per heavy atom. The van der Waals surface area contributed by atoms with Crippen molar-refractivity contribution in [3.63, 3.8) is 0 Å². The van der Waals surface area contributed by atoms with Gasteiger partial charge in [-0.1, -0.05) is 23.7 Å². The lowest BCUT2D eigenvalue weighted by atomic mass is 10.0. The van der Waals surface area contributed by atoms with Crippen LogP contribution in [0.4, 0.5) is 11.5 Å². The molecule has 2 N–H and O–H groups in total. The summed E-state index contributed by atoms with van der Waals surface area (Å²) in [5, 5.41) is 4.78. The van der Waals surface area contributed by atoms with Crippen LogP contribution in [0, 0.1) is 6.92 Å². The monoisotopic (exact) mass is 472 g/mol. The van der Waals surface area contributed by atoms with E-state index in [1.165, 1.54) is 18.5 Å². The average Bonchev–Trinajstić information content (AvgIpc) is 3.05. The van der Waals surface area contributed by atoms with Crippen molar-refractivity contribution in [1.29, 1.82) is 0 Å². The van der Waals surface area contributed by atoms with Gasteiger partial charge in [-0.2, -0.15) is 0 Å². The first kappa shape index (κ1) is 21.2. The van der Waals surface area contributed by atoms with E-state index in [0.29, 0.717) is 16.5 Å². The largest absolute Gasteiger partial charge is 0.340 e. The third kappa shape index (κ3) is 4.39. The molecule has 1 amide bonds. The summed E-state index contributed by atoms with van der Waals surface area (Å²) in [6.45, 7) is 3.18. The Labute approximate surface area is 188 Å². The van der Waals surface area contributed by atoms with Gasteiger partial charge in [0.1, 0.15) is 17.0 Å². The van der Waals surface area contributed by atoms with Crippen LogP contribution in [-0.4, -0.2) is 24.3 Å². The highest BCUT2D eigenvalue weighted by Gasteiger charge is 2.18. The third-order valence-corrected chi connectivity index (χ3v) is 7.22. The molecule has 2 heterocycles. The van der Waals surface area contributed by atoms with Crippen LogP contribution in [-0.2, 0) is 14.8 Å². The number of carbonyl (C=O) groups is 1. The Balaban J connectivity index is 1.73. The summed E-state index contributed by atoms with van der Waals surface area (Å²) in [6, 6.07) is 13.7. The molecule has 0 unspecified atom stereocenters. The molecule has 0 radical (unpaired) electrons. The quantitative estimate of drug-likeness (QED) is 0.429. The molecular weight excluding hydrogens is 456 g/mol. The van der Waals surface area contributed by atoms with E-state index in [4.69, 9.17) is 11.6 Å². The maximum absolute atomic E-state index is 12.1. The smallest absolute Gasteiger partial charge is 0.264 e. The summed E-state index contributed by atoms with van der Waals surface area (Å²) < 4.78 is 26.2. The summed E-state index contributed by atoms with van der Waals surface area (Å²) >= 11 is 7.61. The van der Waals surface area contributed by atoms with Gasteiger partial charge in [-0.3, -0.25) is 4.79 Å². The topological polar surface area (TPSA) is 101 Å². The number of amides is 1. The minimum atomic E-state index is -3.89. The highest BCUT2D eigenvalue weighted by Crippen LogP contribution is 2.41. The molecular formula is C21H17ClN4O3S2. The van der Waals surface area contributed by atoms with Crippen molar-refractivity contribution in [2.75, 3.05) is 5.32 Å². The number of nitrogens with zero attached hydrogens (tertiary/aromatic N) is 2. The number of sulfonamides is 1. The Morgan fingerprint density at radius 2 is 1.71 bits per heavy atom. The number of aromatic nitrogens is 2. The van der Waals surface area contributed by atoms with E-state index < -0.39 is 15.9 Å². The second kappa shape index (κ2) is 8.26. The molecule has 0 saturated heterocycles. The van der Waals surface area contributed by atoms with Crippen molar-refractivity contribution in [2.45, 2.75) is 18.7 Å². The lowest BCUT2D eigenvalue weighted by Gasteiger charge is -2.10. The van der Waals surface area contributed by atoms with E-state index in [0.717, 1.165) is 33.1 Å². The number of hydrogen-bond acceptors (Lipinski definition) is 7. The zero-order valence-electron chi connectivity index (χ0n) is 16.5. The Morgan fingerprint density at radius 3 is 2.35 bits per heavy atom. The van der Waals surface area contributed by atoms with Crippen molar-refractivity contribution in [1.82, 2.24) is 14.7 Å². The molecule has 0 aliphatic heterocycles. The molecule has 0 atom stereocenters. The van der Waals surface area contributed by atoms with Gasteiger partial charge >= 0.3 is 0 Å². The van der Waals surface area contributed by atoms with Crippen molar-refractivity contribution in [2.24, 2.45) is 0 Å². The normalized spacial score (nSPS) is 11.5. The lowest BCUT2D eigenvalue weighted by molar-refractivity contribution is -0.117. The van der Waals surface area contributed by atoms with Gasteiger partial charge in [0, 0.05) is 28.1 Å². The number of nitrogens with one attached hydrogen (secondary N) is 2. The van der Waals surface area contributed by atoms with Crippen LogP contribution < -0.4 is 10.0 Å². The second-order valence-electron chi connectivity index (χ2n) is 6.75. The first-order chi connectivity index (χ1) is 14.7. The van der Waals surface area contributed by atoms with E-state index >= 15 is 0 Å². The van der Waals surface area contributed by atoms with E-state index in [1.807, 2.05) is 35.9 Å².